The number of unbranched alkanes of at least 4 members (excludes halogenated alkanes) is 1. The van der Waals surface area contributed by atoms with Crippen molar-refractivity contribution in [1.29, 1.82) is 0 Å². The Kier molecular flexibility index (Phi) is 8.23. The molecule has 1 aromatic carbocycles. The first-order chi connectivity index (χ1) is 14.2. The predicted molar refractivity (Wildman–Crippen MR) is 128 cm³/mol. The lowest BCUT2D eigenvalue weighted by Crippen LogP contribution is -2.29. The number of rotatable bonds is 8. The van der Waals surface area contributed by atoms with Crippen LogP contribution in [0.4, 0.5) is 5.69 Å². The third-order valence-corrected chi connectivity index (χ3v) is 6.72. The molecule has 1 saturated heterocycles. The van der Waals surface area contributed by atoms with Gasteiger partial charge < -0.3 is 14.1 Å². The van der Waals surface area contributed by atoms with Crippen molar-refractivity contribution >= 4 is 40.4 Å². The Labute approximate surface area is 188 Å². The Morgan fingerprint density at radius 1 is 1.17 bits per heavy atom. The van der Waals surface area contributed by atoms with Crippen LogP contribution < -0.4 is 15.1 Å². The highest BCUT2D eigenvalue weighted by atomic mass is 35.5. The first-order valence-corrected chi connectivity index (χ1v) is 11.6. The topological polar surface area (TPSA) is 42.7 Å². The van der Waals surface area contributed by atoms with Crippen LogP contribution in [0.3, 0.4) is 0 Å². The van der Waals surface area contributed by atoms with Crippen LogP contribution in [0.5, 0.6) is 5.95 Å². The molecule has 0 radical (unpaired) electrons. The summed E-state index contributed by atoms with van der Waals surface area (Å²) >= 11 is 1.76. The molecule has 3 aromatic rings. The second-order valence-corrected chi connectivity index (χ2v) is 8.80. The predicted octanol–water partition coefficient (Wildman–Crippen LogP) is 6.62. The number of thiophene rings is 1. The average molecular weight is 448 g/mol. The minimum Gasteiger partial charge on any atom is -0.464 e. The fourth-order valence-electron chi connectivity index (χ4n) is 4.01. The van der Waals surface area contributed by atoms with Crippen molar-refractivity contribution in [1.82, 2.24) is 0 Å². The molecule has 2 aromatic heterocycles. The first-order valence-electron chi connectivity index (χ1n) is 10.7. The highest BCUT2D eigenvalue weighted by molar-refractivity contribution is 7.10. The maximum atomic E-state index is 12.7. The van der Waals surface area contributed by atoms with Crippen molar-refractivity contribution in [2.45, 2.75) is 51.4 Å². The molecule has 0 aliphatic carbocycles. The molecule has 162 valence electrons. The summed E-state index contributed by atoms with van der Waals surface area (Å²) in [5, 5.41) is 2.73. The van der Waals surface area contributed by atoms with Gasteiger partial charge in [0.25, 0.3) is 5.95 Å². The van der Waals surface area contributed by atoms with E-state index in [-0.39, 0.29) is 17.8 Å². The summed E-state index contributed by atoms with van der Waals surface area (Å²) in [7, 11) is 0. The molecule has 3 heterocycles. The number of ether oxygens (including phenoxy) is 1. The van der Waals surface area contributed by atoms with Gasteiger partial charge in [-0.2, -0.15) is 0 Å². The van der Waals surface area contributed by atoms with Crippen LogP contribution in [0.15, 0.2) is 51.0 Å². The SMILES string of the molecule is CCCCC(COc1cc(=O)c2cc(N3CCCCC3)ccc2o1)c1cccs1.Cl. The molecule has 1 fully saturated rings. The maximum absolute atomic E-state index is 12.7. The van der Waals surface area contributed by atoms with E-state index in [2.05, 4.69) is 35.4 Å². The summed E-state index contributed by atoms with van der Waals surface area (Å²) in [5.74, 6) is 0.642. The normalized spacial score (nSPS) is 15.0. The first kappa shape index (κ1) is 22.7. The van der Waals surface area contributed by atoms with Gasteiger partial charge in [0.05, 0.1) is 18.1 Å². The van der Waals surface area contributed by atoms with E-state index in [1.54, 1.807) is 11.3 Å². The fraction of sp³-hybridized carbons (Fsp3) is 0.458. The van der Waals surface area contributed by atoms with Gasteiger partial charge in [0.2, 0.25) is 0 Å². The monoisotopic (exact) mass is 447 g/mol. The molecular formula is C24H30ClNO3S. The zero-order chi connectivity index (χ0) is 20.1. The lowest BCUT2D eigenvalue weighted by molar-refractivity contribution is 0.223. The van der Waals surface area contributed by atoms with Gasteiger partial charge in [-0.05, 0) is 55.3 Å². The van der Waals surface area contributed by atoms with Crippen molar-refractivity contribution in [3.8, 4) is 5.95 Å². The van der Waals surface area contributed by atoms with E-state index in [0.717, 1.165) is 38.0 Å². The summed E-state index contributed by atoms with van der Waals surface area (Å²) < 4.78 is 11.9. The maximum Gasteiger partial charge on any atom is 0.288 e. The highest BCUT2D eigenvalue weighted by Crippen LogP contribution is 2.29. The summed E-state index contributed by atoms with van der Waals surface area (Å²) in [4.78, 5) is 16.4. The molecule has 0 saturated carbocycles. The number of halogens is 1. The number of benzene rings is 1. The number of nitrogens with zero attached hydrogens (tertiary/aromatic N) is 1. The van der Waals surface area contributed by atoms with Gasteiger partial charge in [-0.3, -0.25) is 4.79 Å². The van der Waals surface area contributed by atoms with Gasteiger partial charge in [0.15, 0.2) is 5.43 Å². The Bertz CT molecular complexity index is 980. The largest absolute Gasteiger partial charge is 0.464 e. The van der Waals surface area contributed by atoms with Crippen LogP contribution in [0.25, 0.3) is 11.0 Å². The van der Waals surface area contributed by atoms with E-state index in [1.165, 1.54) is 30.2 Å². The van der Waals surface area contributed by atoms with E-state index < -0.39 is 0 Å². The molecule has 0 spiro atoms. The molecule has 1 aliphatic heterocycles. The fourth-order valence-corrected chi connectivity index (χ4v) is 4.86. The second kappa shape index (κ2) is 10.9. The Balaban J connectivity index is 0.00000256. The Hall–Kier alpha value is -1.98. The van der Waals surface area contributed by atoms with E-state index in [0.29, 0.717) is 29.4 Å². The number of anilines is 1. The summed E-state index contributed by atoms with van der Waals surface area (Å²) in [6, 6.07) is 11.7. The van der Waals surface area contributed by atoms with Gasteiger partial charge >= 0.3 is 0 Å². The van der Waals surface area contributed by atoms with Crippen LogP contribution in [0.2, 0.25) is 0 Å². The third kappa shape index (κ3) is 5.38. The van der Waals surface area contributed by atoms with Gasteiger partial charge in [-0.15, -0.1) is 23.7 Å². The van der Waals surface area contributed by atoms with E-state index >= 15 is 0 Å². The van der Waals surface area contributed by atoms with Crippen LogP contribution in [-0.4, -0.2) is 19.7 Å². The molecule has 1 unspecified atom stereocenters. The molecule has 1 atom stereocenters. The molecule has 0 bridgehead atoms. The van der Waals surface area contributed by atoms with Crippen molar-refractivity contribution in [3.05, 3.63) is 56.9 Å². The number of hydrogen-bond acceptors (Lipinski definition) is 5. The number of hydrogen-bond donors (Lipinski definition) is 0. The van der Waals surface area contributed by atoms with Gasteiger partial charge in [0.1, 0.15) is 5.58 Å². The average Bonchev–Trinajstić information content (AvgIpc) is 3.29. The molecule has 6 heteroatoms. The number of fused-ring (bicyclic) bond motifs is 1. The molecular weight excluding hydrogens is 418 g/mol. The van der Waals surface area contributed by atoms with E-state index in [9.17, 15) is 4.79 Å². The van der Waals surface area contributed by atoms with Gasteiger partial charge in [-0.25, -0.2) is 0 Å². The number of piperidine rings is 1. The van der Waals surface area contributed by atoms with Crippen molar-refractivity contribution in [2.75, 3.05) is 24.6 Å². The lowest BCUT2D eigenvalue weighted by atomic mass is 10.0. The third-order valence-electron chi connectivity index (χ3n) is 5.69. The standard InChI is InChI=1S/C24H29NO3S.ClH/c1-2-3-8-18(23-9-7-14-29-23)17-27-24-16-21(26)20-15-19(10-11-22(20)28-24)25-12-5-4-6-13-25;/h7,9-11,14-16,18H,2-6,8,12-13,17H2,1H3;1H. The molecule has 4 rings (SSSR count). The van der Waals surface area contributed by atoms with Gasteiger partial charge in [-0.1, -0.05) is 25.8 Å². The minimum atomic E-state index is -0.0404. The van der Waals surface area contributed by atoms with Crippen molar-refractivity contribution in [2.24, 2.45) is 0 Å². The molecule has 30 heavy (non-hydrogen) atoms. The second-order valence-electron chi connectivity index (χ2n) is 7.82. The van der Waals surface area contributed by atoms with Crippen LogP contribution in [-0.2, 0) is 0 Å². The Morgan fingerprint density at radius 3 is 2.73 bits per heavy atom. The minimum absolute atomic E-state index is 0. The van der Waals surface area contributed by atoms with Crippen LogP contribution in [0.1, 0.15) is 56.2 Å². The molecule has 0 N–H and O–H groups in total. The molecule has 4 nitrogen and oxygen atoms in total. The quantitative estimate of drug-likeness (QED) is 0.389. The van der Waals surface area contributed by atoms with Crippen molar-refractivity contribution < 1.29 is 9.15 Å². The highest BCUT2D eigenvalue weighted by Gasteiger charge is 2.16. The van der Waals surface area contributed by atoms with Crippen LogP contribution >= 0.6 is 23.7 Å². The van der Waals surface area contributed by atoms with Gasteiger partial charge in [0, 0.05) is 29.6 Å². The lowest BCUT2D eigenvalue weighted by Gasteiger charge is -2.28. The summed E-state index contributed by atoms with van der Waals surface area (Å²) in [6.45, 7) is 4.84. The van der Waals surface area contributed by atoms with E-state index in [1.807, 2.05) is 12.1 Å². The molecule has 0 amide bonds. The summed E-state index contributed by atoms with van der Waals surface area (Å²) in [6.07, 6.45) is 7.11. The smallest absolute Gasteiger partial charge is 0.288 e. The molecule has 1 aliphatic rings. The Morgan fingerprint density at radius 2 is 2.00 bits per heavy atom. The van der Waals surface area contributed by atoms with Crippen LogP contribution in [0, 0.1) is 0 Å². The zero-order valence-corrected chi connectivity index (χ0v) is 19.1. The van der Waals surface area contributed by atoms with Crippen molar-refractivity contribution in [3.63, 3.8) is 0 Å². The zero-order valence-electron chi connectivity index (χ0n) is 17.5. The summed E-state index contributed by atoms with van der Waals surface area (Å²) in [5.41, 5.74) is 1.66. The van der Waals surface area contributed by atoms with E-state index in [4.69, 9.17) is 9.15 Å².